The van der Waals surface area contributed by atoms with Crippen LogP contribution in [0.3, 0.4) is 0 Å². The third-order valence-corrected chi connectivity index (χ3v) is 5.17. The number of benzene rings is 1. The highest BCUT2D eigenvalue weighted by atomic mass is 127. The van der Waals surface area contributed by atoms with Gasteiger partial charge in [-0.25, -0.2) is 4.39 Å². The van der Waals surface area contributed by atoms with Crippen molar-refractivity contribution in [3.8, 4) is 0 Å². The van der Waals surface area contributed by atoms with Gasteiger partial charge in [-0.2, -0.15) is 0 Å². The fourth-order valence-corrected chi connectivity index (χ4v) is 3.72. The fourth-order valence-electron chi connectivity index (χ4n) is 3.46. The molecular weight excluding hydrogens is 466 g/mol. The smallest absolute Gasteiger partial charge is 0.193 e. The molecule has 2 aliphatic rings. The number of likely N-dealkylation sites (tertiary alicyclic amines) is 1. The Kier molecular flexibility index (Phi) is 8.63. The van der Waals surface area contributed by atoms with Crippen LogP contribution < -0.4 is 5.32 Å². The normalized spacial score (nSPS) is 20.5. The zero-order valence-electron chi connectivity index (χ0n) is 15.1. The second-order valence-electron chi connectivity index (χ2n) is 6.54. The summed E-state index contributed by atoms with van der Waals surface area (Å²) in [6.45, 7) is 7.76. The van der Waals surface area contributed by atoms with Crippen molar-refractivity contribution in [2.75, 3.05) is 39.3 Å². The highest BCUT2D eigenvalue weighted by Crippen LogP contribution is 2.19. The number of guanidine groups is 1. The molecule has 0 bridgehead atoms. The van der Waals surface area contributed by atoms with E-state index in [4.69, 9.17) is 16.6 Å². The molecule has 0 aromatic heterocycles. The summed E-state index contributed by atoms with van der Waals surface area (Å²) in [6.07, 6.45) is 6.37. The molecule has 7 heteroatoms. The van der Waals surface area contributed by atoms with Gasteiger partial charge in [-0.1, -0.05) is 29.8 Å². The molecule has 1 N–H and O–H groups in total. The first kappa shape index (κ1) is 21.4. The Morgan fingerprint density at radius 3 is 2.81 bits per heavy atom. The third kappa shape index (κ3) is 5.57. The summed E-state index contributed by atoms with van der Waals surface area (Å²) in [6, 6.07) is 5.16. The van der Waals surface area contributed by atoms with Gasteiger partial charge in [-0.05, 0) is 37.5 Å². The number of nitrogens with one attached hydrogen (secondary N) is 1. The van der Waals surface area contributed by atoms with Crippen molar-refractivity contribution < 1.29 is 4.39 Å². The molecule has 0 saturated carbocycles. The van der Waals surface area contributed by atoms with E-state index < -0.39 is 0 Å². The minimum Gasteiger partial charge on any atom is -0.357 e. The van der Waals surface area contributed by atoms with Gasteiger partial charge >= 0.3 is 0 Å². The lowest BCUT2D eigenvalue weighted by Gasteiger charge is -2.25. The SMILES string of the molecule is CCNC(=NCCc1ccc(F)cc1Cl)N1CCC(N2CC=CC2)C1.I. The Morgan fingerprint density at radius 2 is 2.12 bits per heavy atom. The van der Waals surface area contributed by atoms with E-state index in [1.165, 1.54) is 18.6 Å². The number of hydrogen-bond acceptors (Lipinski definition) is 2. The maximum absolute atomic E-state index is 13.1. The number of rotatable bonds is 5. The van der Waals surface area contributed by atoms with Crippen LogP contribution in [0.1, 0.15) is 18.9 Å². The Hall–Kier alpha value is -0.860. The van der Waals surface area contributed by atoms with Crippen LogP contribution in [0.5, 0.6) is 0 Å². The Labute approximate surface area is 177 Å². The molecule has 1 unspecified atom stereocenters. The molecule has 0 spiro atoms. The van der Waals surface area contributed by atoms with E-state index in [0.29, 0.717) is 24.0 Å². The molecule has 1 fully saturated rings. The molecule has 2 heterocycles. The predicted molar refractivity (Wildman–Crippen MR) is 117 cm³/mol. The monoisotopic (exact) mass is 492 g/mol. The maximum atomic E-state index is 13.1. The van der Waals surface area contributed by atoms with Crippen LogP contribution in [0, 0.1) is 5.82 Å². The summed E-state index contributed by atoms with van der Waals surface area (Å²) in [5, 5.41) is 3.87. The minimum absolute atomic E-state index is 0. The lowest BCUT2D eigenvalue weighted by molar-refractivity contribution is 0.259. The van der Waals surface area contributed by atoms with Crippen molar-refractivity contribution in [2.45, 2.75) is 25.8 Å². The third-order valence-electron chi connectivity index (χ3n) is 4.82. The van der Waals surface area contributed by atoms with E-state index in [-0.39, 0.29) is 29.8 Å². The first-order valence-corrected chi connectivity index (χ1v) is 9.41. The molecule has 144 valence electrons. The Bertz CT molecular complexity index is 644. The van der Waals surface area contributed by atoms with Gasteiger partial charge in [-0.15, -0.1) is 24.0 Å². The van der Waals surface area contributed by atoms with E-state index in [1.807, 2.05) is 0 Å². The van der Waals surface area contributed by atoms with Crippen LogP contribution in [0.25, 0.3) is 0 Å². The van der Waals surface area contributed by atoms with E-state index in [1.54, 1.807) is 6.07 Å². The predicted octanol–water partition coefficient (Wildman–Crippen LogP) is 3.55. The van der Waals surface area contributed by atoms with E-state index in [2.05, 4.69) is 34.2 Å². The van der Waals surface area contributed by atoms with Crippen molar-refractivity contribution in [2.24, 2.45) is 4.99 Å². The zero-order valence-corrected chi connectivity index (χ0v) is 18.2. The van der Waals surface area contributed by atoms with Gasteiger partial charge < -0.3 is 10.2 Å². The summed E-state index contributed by atoms with van der Waals surface area (Å²) in [5.41, 5.74) is 0.935. The molecular formula is C19H27ClFIN4. The molecule has 1 atom stereocenters. The number of halogens is 3. The maximum Gasteiger partial charge on any atom is 0.193 e. The molecule has 26 heavy (non-hydrogen) atoms. The molecule has 3 rings (SSSR count). The molecule has 0 radical (unpaired) electrons. The highest BCUT2D eigenvalue weighted by Gasteiger charge is 2.29. The molecule has 1 aromatic carbocycles. The summed E-state index contributed by atoms with van der Waals surface area (Å²) < 4.78 is 13.1. The van der Waals surface area contributed by atoms with Crippen molar-refractivity contribution in [1.29, 1.82) is 0 Å². The standard InChI is InChI=1S/C19H26ClFN4.HI/c1-2-22-19(23-9-7-15-5-6-16(21)13-18(15)20)25-12-8-17(14-25)24-10-3-4-11-24;/h3-6,13,17H,2,7-12,14H2,1H3,(H,22,23);1H. The van der Waals surface area contributed by atoms with Gasteiger partial charge in [0.2, 0.25) is 0 Å². The lowest BCUT2D eigenvalue weighted by atomic mass is 10.1. The van der Waals surface area contributed by atoms with Gasteiger partial charge in [0.1, 0.15) is 5.82 Å². The number of nitrogens with zero attached hydrogens (tertiary/aromatic N) is 3. The van der Waals surface area contributed by atoms with Crippen LogP contribution in [-0.4, -0.2) is 61.1 Å². The molecule has 1 saturated heterocycles. The van der Waals surface area contributed by atoms with Crippen molar-refractivity contribution in [1.82, 2.24) is 15.1 Å². The van der Waals surface area contributed by atoms with E-state index >= 15 is 0 Å². The van der Waals surface area contributed by atoms with Crippen molar-refractivity contribution in [3.63, 3.8) is 0 Å². The van der Waals surface area contributed by atoms with E-state index in [9.17, 15) is 4.39 Å². The number of aliphatic imine (C=N–C) groups is 1. The van der Waals surface area contributed by atoms with Crippen LogP contribution in [0.15, 0.2) is 35.3 Å². The summed E-state index contributed by atoms with van der Waals surface area (Å²) in [7, 11) is 0. The quantitative estimate of drug-likeness (QED) is 0.295. The fraction of sp³-hybridized carbons (Fsp3) is 0.526. The van der Waals surface area contributed by atoms with Crippen molar-refractivity contribution in [3.05, 3.63) is 46.8 Å². The average molecular weight is 493 g/mol. The molecule has 4 nitrogen and oxygen atoms in total. The number of hydrogen-bond donors (Lipinski definition) is 1. The van der Waals surface area contributed by atoms with E-state index in [0.717, 1.165) is 44.2 Å². The first-order valence-electron chi connectivity index (χ1n) is 9.03. The van der Waals surface area contributed by atoms with Gasteiger partial charge in [0.05, 0.1) is 0 Å². The van der Waals surface area contributed by atoms with Crippen LogP contribution >= 0.6 is 35.6 Å². The molecule has 0 aliphatic carbocycles. The summed E-state index contributed by atoms with van der Waals surface area (Å²) in [5.74, 6) is 0.667. The minimum atomic E-state index is -0.301. The lowest BCUT2D eigenvalue weighted by Crippen LogP contribution is -2.43. The second-order valence-corrected chi connectivity index (χ2v) is 6.94. The van der Waals surface area contributed by atoms with Gasteiger partial charge in [0, 0.05) is 50.3 Å². The first-order chi connectivity index (χ1) is 12.2. The topological polar surface area (TPSA) is 30.9 Å². The van der Waals surface area contributed by atoms with Gasteiger partial charge in [-0.3, -0.25) is 9.89 Å². The van der Waals surface area contributed by atoms with Crippen molar-refractivity contribution >= 4 is 41.5 Å². The van der Waals surface area contributed by atoms with Crippen LogP contribution in [0.2, 0.25) is 5.02 Å². The molecule has 1 aromatic rings. The van der Waals surface area contributed by atoms with Gasteiger partial charge in [0.25, 0.3) is 0 Å². The molecule has 2 aliphatic heterocycles. The Morgan fingerprint density at radius 1 is 1.35 bits per heavy atom. The zero-order chi connectivity index (χ0) is 17.6. The van der Waals surface area contributed by atoms with Crippen LogP contribution in [0.4, 0.5) is 4.39 Å². The summed E-state index contributed by atoms with van der Waals surface area (Å²) >= 11 is 6.10. The van der Waals surface area contributed by atoms with Gasteiger partial charge in [0.15, 0.2) is 5.96 Å². The highest BCUT2D eigenvalue weighted by molar-refractivity contribution is 14.0. The molecule has 0 amide bonds. The summed E-state index contributed by atoms with van der Waals surface area (Å²) in [4.78, 5) is 9.62. The largest absolute Gasteiger partial charge is 0.357 e. The second kappa shape index (κ2) is 10.5. The average Bonchev–Trinajstić information content (AvgIpc) is 3.27. The Balaban J connectivity index is 0.00000243. The van der Waals surface area contributed by atoms with Crippen LogP contribution in [-0.2, 0) is 6.42 Å².